The second kappa shape index (κ2) is 7.88. The predicted octanol–water partition coefficient (Wildman–Crippen LogP) is 4.16. The molecule has 0 aliphatic carbocycles. The van der Waals surface area contributed by atoms with Gasteiger partial charge in [-0.2, -0.15) is 0 Å². The Morgan fingerprint density at radius 3 is 2.61 bits per heavy atom. The van der Waals surface area contributed by atoms with Gasteiger partial charge in [0, 0.05) is 30.7 Å². The SMILES string of the molecule is O=C(Cc1ccc(=O)[nH]c1)C1=NC(c2cccc(Oc3ccccc3)c2)=CC1. The van der Waals surface area contributed by atoms with Crippen LogP contribution in [-0.4, -0.2) is 16.5 Å². The van der Waals surface area contributed by atoms with Crippen LogP contribution in [0.4, 0.5) is 0 Å². The first-order valence-corrected chi connectivity index (χ1v) is 8.99. The number of carbonyl (C=O) groups excluding carboxylic acids is 1. The average Bonchev–Trinajstić information content (AvgIpc) is 3.21. The molecule has 0 bridgehead atoms. The molecule has 5 heteroatoms. The number of carbonyl (C=O) groups is 1. The van der Waals surface area contributed by atoms with Crippen molar-refractivity contribution in [3.05, 3.63) is 100 Å². The largest absolute Gasteiger partial charge is 0.457 e. The minimum Gasteiger partial charge on any atom is -0.457 e. The third-order valence-electron chi connectivity index (χ3n) is 4.39. The van der Waals surface area contributed by atoms with E-state index >= 15 is 0 Å². The van der Waals surface area contributed by atoms with Crippen molar-refractivity contribution in [1.29, 1.82) is 0 Å². The maximum Gasteiger partial charge on any atom is 0.247 e. The lowest BCUT2D eigenvalue weighted by Gasteiger charge is -2.07. The fourth-order valence-electron chi connectivity index (χ4n) is 2.97. The zero-order valence-electron chi connectivity index (χ0n) is 15.1. The highest BCUT2D eigenvalue weighted by molar-refractivity contribution is 6.42. The molecule has 1 aliphatic rings. The summed E-state index contributed by atoms with van der Waals surface area (Å²) in [5, 5.41) is 0. The van der Waals surface area contributed by atoms with E-state index in [0.29, 0.717) is 17.9 Å². The number of hydrogen-bond donors (Lipinski definition) is 1. The number of ketones is 1. The highest BCUT2D eigenvalue weighted by Crippen LogP contribution is 2.28. The van der Waals surface area contributed by atoms with E-state index in [2.05, 4.69) is 9.98 Å². The second-order valence-corrected chi connectivity index (χ2v) is 6.46. The van der Waals surface area contributed by atoms with Gasteiger partial charge in [-0.15, -0.1) is 0 Å². The summed E-state index contributed by atoms with van der Waals surface area (Å²) in [5.41, 5.74) is 2.77. The first-order chi connectivity index (χ1) is 13.7. The Balaban J connectivity index is 1.47. The molecule has 3 aromatic rings. The van der Waals surface area contributed by atoms with Crippen molar-refractivity contribution in [2.24, 2.45) is 4.99 Å². The van der Waals surface area contributed by atoms with Crippen molar-refractivity contribution in [2.45, 2.75) is 12.8 Å². The number of nitrogens with zero attached hydrogens (tertiary/aromatic N) is 1. The highest BCUT2D eigenvalue weighted by Gasteiger charge is 2.18. The van der Waals surface area contributed by atoms with E-state index in [0.717, 1.165) is 22.6 Å². The fraction of sp³-hybridized carbons (Fsp3) is 0.0870. The zero-order chi connectivity index (χ0) is 19.3. The van der Waals surface area contributed by atoms with Gasteiger partial charge in [0.05, 0.1) is 11.4 Å². The summed E-state index contributed by atoms with van der Waals surface area (Å²) in [6.07, 6.45) is 4.23. The van der Waals surface area contributed by atoms with Crippen LogP contribution in [0.25, 0.3) is 5.70 Å². The lowest BCUT2D eigenvalue weighted by Crippen LogP contribution is -2.15. The van der Waals surface area contributed by atoms with Gasteiger partial charge in [-0.25, -0.2) is 4.99 Å². The van der Waals surface area contributed by atoms with Crippen LogP contribution >= 0.6 is 0 Å². The van der Waals surface area contributed by atoms with Crippen LogP contribution in [0.3, 0.4) is 0 Å². The van der Waals surface area contributed by atoms with E-state index in [4.69, 9.17) is 4.74 Å². The number of pyridine rings is 1. The third-order valence-corrected chi connectivity index (χ3v) is 4.39. The van der Waals surface area contributed by atoms with E-state index in [-0.39, 0.29) is 17.8 Å². The Labute approximate surface area is 162 Å². The van der Waals surface area contributed by atoms with Crippen molar-refractivity contribution in [1.82, 2.24) is 4.98 Å². The summed E-state index contributed by atoms with van der Waals surface area (Å²) < 4.78 is 5.87. The highest BCUT2D eigenvalue weighted by atomic mass is 16.5. The Morgan fingerprint density at radius 2 is 1.82 bits per heavy atom. The van der Waals surface area contributed by atoms with Crippen LogP contribution in [-0.2, 0) is 11.2 Å². The molecule has 0 saturated heterocycles. The number of Topliss-reactive ketones (excluding diaryl/α,β-unsaturated/α-hetero) is 1. The molecule has 2 aromatic carbocycles. The number of rotatable bonds is 6. The lowest BCUT2D eigenvalue weighted by molar-refractivity contribution is -0.112. The summed E-state index contributed by atoms with van der Waals surface area (Å²) in [4.78, 5) is 30.7. The van der Waals surface area contributed by atoms with E-state index < -0.39 is 0 Å². The Hall–Kier alpha value is -3.73. The van der Waals surface area contributed by atoms with E-state index in [1.54, 1.807) is 12.3 Å². The molecule has 1 aromatic heterocycles. The molecule has 0 amide bonds. The van der Waals surface area contributed by atoms with Crippen LogP contribution < -0.4 is 10.3 Å². The van der Waals surface area contributed by atoms with Gasteiger partial charge in [0.15, 0.2) is 5.78 Å². The molecule has 138 valence electrons. The molecule has 0 fully saturated rings. The monoisotopic (exact) mass is 370 g/mol. The number of ether oxygens (including phenoxy) is 1. The number of allylic oxidation sites excluding steroid dienone is 1. The maximum atomic E-state index is 12.5. The molecule has 0 unspecified atom stereocenters. The normalized spacial score (nSPS) is 13.0. The predicted molar refractivity (Wildman–Crippen MR) is 109 cm³/mol. The standard InChI is InChI=1S/C23H18N2O3/c26-22(13-16-9-12-23(27)24-15-16)21-11-10-20(25-21)17-5-4-8-19(14-17)28-18-6-2-1-3-7-18/h1-10,12,14-15H,11,13H2,(H,24,27). The third kappa shape index (κ3) is 4.15. The molecular formula is C23H18N2O3. The van der Waals surface area contributed by atoms with Gasteiger partial charge in [0.25, 0.3) is 0 Å². The minimum atomic E-state index is -0.184. The van der Waals surface area contributed by atoms with Crippen LogP contribution in [0.1, 0.15) is 17.5 Å². The summed E-state index contributed by atoms with van der Waals surface area (Å²) in [5.74, 6) is 1.43. The number of aromatic nitrogens is 1. The van der Waals surface area contributed by atoms with Crippen molar-refractivity contribution < 1.29 is 9.53 Å². The topological polar surface area (TPSA) is 71.5 Å². The summed E-state index contributed by atoms with van der Waals surface area (Å²) in [6, 6.07) is 20.3. The number of nitrogens with one attached hydrogen (secondary N) is 1. The lowest BCUT2D eigenvalue weighted by atomic mass is 10.1. The number of hydrogen-bond acceptors (Lipinski definition) is 4. The first-order valence-electron chi connectivity index (χ1n) is 8.99. The summed E-state index contributed by atoms with van der Waals surface area (Å²) in [7, 11) is 0. The number of H-pyrrole nitrogens is 1. The Bertz CT molecular complexity index is 1110. The maximum absolute atomic E-state index is 12.5. The van der Waals surface area contributed by atoms with E-state index in [9.17, 15) is 9.59 Å². The Kier molecular flexibility index (Phi) is 4.97. The summed E-state index contributed by atoms with van der Waals surface area (Å²) >= 11 is 0. The summed E-state index contributed by atoms with van der Waals surface area (Å²) in [6.45, 7) is 0. The molecule has 0 radical (unpaired) electrons. The van der Waals surface area contributed by atoms with Gasteiger partial charge in [0.2, 0.25) is 5.56 Å². The fourth-order valence-corrected chi connectivity index (χ4v) is 2.97. The number of para-hydroxylation sites is 1. The quantitative estimate of drug-likeness (QED) is 0.708. The van der Waals surface area contributed by atoms with Gasteiger partial charge < -0.3 is 9.72 Å². The molecule has 28 heavy (non-hydrogen) atoms. The molecule has 0 atom stereocenters. The van der Waals surface area contributed by atoms with Gasteiger partial charge in [-0.05, 0) is 29.8 Å². The van der Waals surface area contributed by atoms with Gasteiger partial charge in [-0.3, -0.25) is 9.59 Å². The zero-order valence-corrected chi connectivity index (χ0v) is 15.1. The van der Waals surface area contributed by atoms with E-state index in [1.165, 1.54) is 6.07 Å². The minimum absolute atomic E-state index is 0.0463. The van der Waals surface area contributed by atoms with Crippen LogP contribution in [0.5, 0.6) is 11.5 Å². The van der Waals surface area contributed by atoms with Crippen LogP contribution in [0, 0.1) is 0 Å². The number of aromatic amines is 1. The van der Waals surface area contributed by atoms with Crippen molar-refractivity contribution in [2.75, 3.05) is 0 Å². The van der Waals surface area contributed by atoms with Crippen LogP contribution in [0.2, 0.25) is 0 Å². The molecular weight excluding hydrogens is 352 g/mol. The molecule has 4 rings (SSSR count). The van der Waals surface area contributed by atoms with Gasteiger partial charge in [0.1, 0.15) is 11.5 Å². The molecule has 5 nitrogen and oxygen atoms in total. The molecule has 0 saturated carbocycles. The smallest absolute Gasteiger partial charge is 0.247 e. The van der Waals surface area contributed by atoms with Crippen molar-refractivity contribution in [3.8, 4) is 11.5 Å². The average molecular weight is 370 g/mol. The number of benzene rings is 2. The first kappa shape index (κ1) is 17.7. The van der Waals surface area contributed by atoms with Crippen molar-refractivity contribution >= 4 is 17.2 Å². The van der Waals surface area contributed by atoms with Gasteiger partial charge >= 0.3 is 0 Å². The Morgan fingerprint density at radius 1 is 1.00 bits per heavy atom. The molecule has 1 aliphatic heterocycles. The van der Waals surface area contributed by atoms with Crippen LogP contribution in [0.15, 0.2) is 88.8 Å². The number of aliphatic imine (C=N–C) groups is 1. The van der Waals surface area contributed by atoms with E-state index in [1.807, 2.05) is 60.7 Å². The van der Waals surface area contributed by atoms with Gasteiger partial charge in [-0.1, -0.05) is 42.5 Å². The second-order valence-electron chi connectivity index (χ2n) is 6.46. The van der Waals surface area contributed by atoms with Crippen molar-refractivity contribution in [3.63, 3.8) is 0 Å². The molecule has 0 spiro atoms. The molecule has 1 N–H and O–H groups in total. The molecule has 2 heterocycles.